The number of amides is 1. The van der Waals surface area contributed by atoms with Crippen molar-refractivity contribution >= 4 is 19.7 Å². The number of nitrogens with zero attached hydrogens (tertiary/aromatic N) is 1. The molecule has 0 radical (unpaired) electrons. The molecule has 0 aromatic carbocycles. The third-order valence-electron chi connectivity index (χ3n) is 13.8. The molecule has 0 aliphatic rings. The van der Waals surface area contributed by atoms with E-state index in [1.807, 2.05) is 39.4 Å². The lowest BCUT2D eigenvalue weighted by Crippen LogP contribution is -2.47. The van der Waals surface area contributed by atoms with E-state index >= 15 is 0 Å². The van der Waals surface area contributed by atoms with Crippen molar-refractivity contribution < 1.29 is 37.3 Å². The second-order valence-corrected chi connectivity index (χ2v) is 23.9. The van der Waals surface area contributed by atoms with Crippen LogP contribution < -0.4 is 10.2 Å². The van der Waals surface area contributed by atoms with Crippen LogP contribution in [-0.4, -0.2) is 69.4 Å². The molecule has 0 bridgehead atoms. The molecule has 450 valence electrons. The molecule has 0 rings (SSSR count). The second kappa shape index (κ2) is 57.2. The SMILES string of the molecule is CC/C=C\C/C=C\C/C=C\C/C=C\C/C=C\C/C=C\CCC(=O)OC(/C=C/CCCCCCCCCCCC)C(COP(=O)([O-])OCC[N+](C)(C)C)NC(=O)CCCCCCCCCCCCC/C=C/CCCCCCCC. The Kier molecular flexibility index (Phi) is 54.9. The summed E-state index contributed by atoms with van der Waals surface area (Å²) in [6.07, 6.45) is 76.8. The number of nitrogens with one attached hydrogen (secondary N) is 1. The fourth-order valence-electron chi connectivity index (χ4n) is 8.84. The maximum absolute atomic E-state index is 13.5. The molecule has 0 aliphatic heterocycles. The molecule has 78 heavy (non-hydrogen) atoms. The van der Waals surface area contributed by atoms with Gasteiger partial charge in [0.1, 0.15) is 19.3 Å². The van der Waals surface area contributed by atoms with E-state index in [2.05, 4.69) is 99.0 Å². The van der Waals surface area contributed by atoms with E-state index in [1.54, 1.807) is 6.08 Å². The molecule has 3 atom stereocenters. The summed E-state index contributed by atoms with van der Waals surface area (Å²) in [5.74, 6) is -0.640. The van der Waals surface area contributed by atoms with Gasteiger partial charge in [0, 0.05) is 12.8 Å². The molecule has 1 N–H and O–H groups in total. The highest BCUT2D eigenvalue weighted by Gasteiger charge is 2.27. The Morgan fingerprint density at radius 1 is 0.462 bits per heavy atom. The average Bonchev–Trinajstić information content (AvgIpc) is 3.40. The minimum absolute atomic E-state index is 0.0371. The van der Waals surface area contributed by atoms with Crippen LogP contribution >= 0.6 is 7.82 Å². The lowest BCUT2D eigenvalue weighted by molar-refractivity contribution is -0.870. The first kappa shape index (κ1) is 74.9. The van der Waals surface area contributed by atoms with E-state index in [9.17, 15) is 19.0 Å². The van der Waals surface area contributed by atoms with Crippen molar-refractivity contribution in [3.05, 3.63) is 97.2 Å². The number of ether oxygens (including phenoxy) is 1. The van der Waals surface area contributed by atoms with E-state index in [0.29, 0.717) is 23.9 Å². The van der Waals surface area contributed by atoms with Crippen LogP contribution in [0.5, 0.6) is 0 Å². The molecular weight excluding hydrogens is 988 g/mol. The summed E-state index contributed by atoms with van der Waals surface area (Å²) in [5.41, 5.74) is 0. The zero-order valence-electron chi connectivity index (χ0n) is 51.3. The highest BCUT2D eigenvalue weighted by atomic mass is 31.2. The molecule has 0 heterocycles. The van der Waals surface area contributed by atoms with Crippen LogP contribution in [0.15, 0.2) is 97.2 Å². The highest BCUT2D eigenvalue weighted by molar-refractivity contribution is 7.45. The average molecular weight is 1110 g/mol. The normalized spacial score (nSPS) is 14.3. The number of unbranched alkanes of at least 4 members (excludes halogenated alkanes) is 27. The van der Waals surface area contributed by atoms with Crippen molar-refractivity contribution in [2.75, 3.05) is 40.9 Å². The van der Waals surface area contributed by atoms with E-state index < -0.39 is 32.5 Å². The number of rotatable bonds is 57. The smallest absolute Gasteiger partial charge is 0.306 e. The summed E-state index contributed by atoms with van der Waals surface area (Å²) in [7, 11) is 1.14. The lowest BCUT2D eigenvalue weighted by Gasteiger charge is -2.30. The van der Waals surface area contributed by atoms with Gasteiger partial charge < -0.3 is 28.5 Å². The van der Waals surface area contributed by atoms with Crippen LogP contribution in [0.3, 0.4) is 0 Å². The summed E-state index contributed by atoms with van der Waals surface area (Å²) in [5, 5.41) is 3.01. The van der Waals surface area contributed by atoms with Crippen LogP contribution in [0, 0.1) is 0 Å². The molecular formula is C68H121N2O7P. The van der Waals surface area contributed by atoms with E-state index in [-0.39, 0.29) is 18.9 Å². The molecule has 3 unspecified atom stereocenters. The van der Waals surface area contributed by atoms with E-state index in [1.165, 1.54) is 148 Å². The van der Waals surface area contributed by atoms with Gasteiger partial charge >= 0.3 is 5.97 Å². The Morgan fingerprint density at radius 2 is 0.833 bits per heavy atom. The quantitative estimate of drug-likeness (QED) is 0.0212. The molecule has 0 saturated heterocycles. The fourth-order valence-corrected chi connectivity index (χ4v) is 9.56. The van der Waals surface area contributed by atoms with Crippen molar-refractivity contribution in [1.82, 2.24) is 5.32 Å². The lowest BCUT2D eigenvalue weighted by atomic mass is 10.0. The maximum Gasteiger partial charge on any atom is 0.306 e. The number of hydrogen-bond donors (Lipinski definition) is 1. The first-order valence-electron chi connectivity index (χ1n) is 32.0. The van der Waals surface area contributed by atoms with Crippen LogP contribution in [0.2, 0.25) is 0 Å². The number of allylic oxidation sites excluding steroid dienone is 15. The van der Waals surface area contributed by atoms with Gasteiger partial charge in [-0.2, -0.15) is 0 Å². The molecule has 1 amide bonds. The topological polar surface area (TPSA) is 114 Å². The molecule has 0 saturated carbocycles. The third kappa shape index (κ3) is 57.6. The summed E-state index contributed by atoms with van der Waals surface area (Å²) in [4.78, 5) is 40.0. The first-order chi connectivity index (χ1) is 37.9. The molecule has 0 aromatic heterocycles. The van der Waals surface area contributed by atoms with Crippen molar-refractivity contribution in [1.29, 1.82) is 0 Å². The molecule has 9 nitrogen and oxygen atoms in total. The predicted octanol–water partition coefficient (Wildman–Crippen LogP) is 19.3. The molecule has 0 aliphatic carbocycles. The number of carbonyl (C=O) groups is 2. The Bertz CT molecular complexity index is 1660. The maximum atomic E-state index is 13.5. The van der Waals surface area contributed by atoms with Gasteiger partial charge in [0.25, 0.3) is 7.82 Å². The van der Waals surface area contributed by atoms with Gasteiger partial charge in [0.05, 0.1) is 33.8 Å². The molecule has 0 spiro atoms. The predicted molar refractivity (Wildman–Crippen MR) is 334 cm³/mol. The minimum Gasteiger partial charge on any atom is -0.756 e. The first-order valence-corrected chi connectivity index (χ1v) is 33.5. The van der Waals surface area contributed by atoms with Gasteiger partial charge in [-0.1, -0.05) is 260 Å². The van der Waals surface area contributed by atoms with Gasteiger partial charge in [-0.3, -0.25) is 14.2 Å². The van der Waals surface area contributed by atoms with Gasteiger partial charge in [0.2, 0.25) is 5.91 Å². The van der Waals surface area contributed by atoms with Crippen molar-refractivity contribution in [3.63, 3.8) is 0 Å². The van der Waals surface area contributed by atoms with Gasteiger partial charge in [-0.25, -0.2) is 0 Å². The summed E-state index contributed by atoms with van der Waals surface area (Å²) in [6, 6.07) is -0.924. The number of esters is 1. The summed E-state index contributed by atoms with van der Waals surface area (Å²) < 4.78 is 30.3. The summed E-state index contributed by atoms with van der Waals surface area (Å²) >= 11 is 0. The number of hydrogen-bond acceptors (Lipinski definition) is 7. The van der Waals surface area contributed by atoms with Crippen LogP contribution in [0.1, 0.15) is 271 Å². The second-order valence-electron chi connectivity index (χ2n) is 22.5. The molecule has 0 fully saturated rings. The van der Waals surface area contributed by atoms with Gasteiger partial charge in [0.15, 0.2) is 0 Å². The Balaban J connectivity index is 5.31. The van der Waals surface area contributed by atoms with Crippen LogP contribution in [0.4, 0.5) is 0 Å². The monoisotopic (exact) mass is 1110 g/mol. The number of carbonyl (C=O) groups excluding carboxylic acids is 2. The number of likely N-dealkylation sites (N-methyl/N-ethyl adjacent to an activating group) is 1. The van der Waals surface area contributed by atoms with Gasteiger partial charge in [-0.15, -0.1) is 0 Å². The standard InChI is InChI=1S/C68H121N2O7P/c1-7-10-13-16-19-22-25-28-30-32-34-35-37-38-40-42-45-48-51-54-57-60-67(71)69-65(64-76-78(73,74)75-63-62-70(4,5)6)66(59-56-53-50-47-44-27-24-21-18-15-12-9-3)77-68(72)61-58-55-52-49-46-43-41-39-36-33-31-29-26-23-20-17-14-11-8-2/h11,14,20,23,28-31,36,39,43,46,52,55-56,59,65-66H,7-10,12-13,15-19,21-22,24-27,32-35,37-38,40-42,44-45,47-51,53-54,57-58,60-64H2,1-6H3,(H-,69,71,73,74)/b14-11-,23-20-,30-28+,31-29-,39-36-,46-43-,55-52-,59-56+. The number of phosphoric acid groups is 1. The van der Waals surface area contributed by atoms with E-state index in [4.69, 9.17) is 13.8 Å². The number of quaternary nitrogens is 1. The van der Waals surface area contributed by atoms with Crippen molar-refractivity contribution in [2.24, 2.45) is 0 Å². The minimum atomic E-state index is -4.72. The van der Waals surface area contributed by atoms with E-state index in [0.717, 1.165) is 83.5 Å². The Labute approximate surface area is 481 Å². The van der Waals surface area contributed by atoms with Crippen molar-refractivity contribution in [2.45, 2.75) is 283 Å². The number of phosphoric ester groups is 1. The zero-order chi connectivity index (χ0) is 57.2. The summed E-state index contributed by atoms with van der Waals surface area (Å²) in [6.45, 7) is 6.68. The Hall–Kier alpha value is -3.07. The zero-order valence-corrected chi connectivity index (χ0v) is 52.2. The van der Waals surface area contributed by atoms with Crippen molar-refractivity contribution in [3.8, 4) is 0 Å². The van der Waals surface area contributed by atoms with Gasteiger partial charge in [-0.05, 0) is 96.0 Å². The highest BCUT2D eigenvalue weighted by Crippen LogP contribution is 2.38. The van der Waals surface area contributed by atoms with Crippen LogP contribution in [0.25, 0.3) is 0 Å². The fraction of sp³-hybridized carbons (Fsp3) is 0.735. The largest absolute Gasteiger partial charge is 0.756 e. The Morgan fingerprint density at radius 3 is 1.26 bits per heavy atom. The molecule has 0 aromatic rings. The molecule has 10 heteroatoms. The van der Waals surface area contributed by atoms with Crippen LogP contribution in [-0.2, 0) is 27.9 Å². The third-order valence-corrected chi connectivity index (χ3v) is 14.7.